The lowest BCUT2D eigenvalue weighted by atomic mass is 9.94. The van der Waals surface area contributed by atoms with Gasteiger partial charge in [-0.15, -0.1) is 0 Å². The molecular formula is C29H33FN2O7. The Balaban J connectivity index is 1.59. The lowest BCUT2D eigenvalue weighted by molar-refractivity contribution is -0.385. The number of hydrogen-bond donors (Lipinski definition) is 3. The molecule has 0 saturated heterocycles. The minimum atomic E-state index is -1.41. The number of aliphatic hydroxyl groups is 1. The largest absolute Gasteiger partial charge is 0.477 e. The van der Waals surface area contributed by atoms with Gasteiger partial charge in [-0.3, -0.25) is 10.1 Å². The van der Waals surface area contributed by atoms with Crippen molar-refractivity contribution in [1.82, 2.24) is 5.32 Å². The normalized spacial score (nSPS) is 13.1. The lowest BCUT2D eigenvalue weighted by Gasteiger charge is -2.28. The van der Waals surface area contributed by atoms with Crippen molar-refractivity contribution in [2.45, 2.75) is 51.9 Å². The molecule has 0 saturated carbocycles. The number of aryl methyl sites for hydroxylation is 1. The van der Waals surface area contributed by atoms with Crippen molar-refractivity contribution >= 4 is 11.7 Å². The third kappa shape index (κ3) is 8.31. The number of hydrogen-bond acceptors (Lipinski definition) is 7. The van der Waals surface area contributed by atoms with Gasteiger partial charge in [-0.2, -0.15) is 0 Å². The van der Waals surface area contributed by atoms with E-state index in [1.165, 1.54) is 12.1 Å². The van der Waals surface area contributed by atoms with Crippen molar-refractivity contribution < 1.29 is 33.8 Å². The average Bonchev–Trinajstić information content (AvgIpc) is 2.88. The molecule has 1 unspecified atom stereocenters. The topological polar surface area (TPSA) is 131 Å². The first-order valence-electron chi connectivity index (χ1n) is 12.4. The predicted octanol–water partition coefficient (Wildman–Crippen LogP) is 5.58. The van der Waals surface area contributed by atoms with Gasteiger partial charge in [0.05, 0.1) is 29.8 Å². The molecule has 3 rings (SSSR count). The maximum absolute atomic E-state index is 13.9. The number of nitrogens with one attached hydrogen (secondary N) is 1. The lowest BCUT2D eigenvalue weighted by Crippen LogP contribution is -2.46. The molecule has 9 nitrogen and oxygen atoms in total. The summed E-state index contributed by atoms with van der Waals surface area (Å²) in [5, 5.41) is 34.3. The fraction of sp³-hybridized carbons (Fsp3) is 0.345. The first-order valence-corrected chi connectivity index (χ1v) is 12.4. The summed E-state index contributed by atoms with van der Waals surface area (Å²) in [5.41, 5.74) is 0.685. The minimum Gasteiger partial charge on any atom is -0.477 e. The summed E-state index contributed by atoms with van der Waals surface area (Å²) in [5.74, 6) is -1.17. The number of aliphatic hydroxyl groups excluding tert-OH is 1. The van der Waals surface area contributed by atoms with E-state index in [0.29, 0.717) is 23.3 Å². The van der Waals surface area contributed by atoms with Gasteiger partial charge in [0.25, 0.3) is 5.69 Å². The summed E-state index contributed by atoms with van der Waals surface area (Å²) in [7, 11) is 0. The number of carboxylic acids is 1. The molecule has 0 spiro atoms. The highest BCUT2D eigenvalue weighted by Gasteiger charge is 2.23. The number of rotatable bonds is 13. The summed E-state index contributed by atoms with van der Waals surface area (Å²) in [4.78, 5) is 21.8. The number of para-hydroxylation sites is 1. The van der Waals surface area contributed by atoms with E-state index >= 15 is 0 Å². The van der Waals surface area contributed by atoms with Crippen LogP contribution in [0.3, 0.4) is 0 Å². The van der Waals surface area contributed by atoms with Crippen LogP contribution in [0.4, 0.5) is 10.1 Å². The number of nitro groups is 1. The predicted molar refractivity (Wildman–Crippen MR) is 144 cm³/mol. The monoisotopic (exact) mass is 540 g/mol. The average molecular weight is 541 g/mol. The molecule has 0 heterocycles. The van der Waals surface area contributed by atoms with Crippen molar-refractivity contribution in [3.05, 3.63) is 98.8 Å². The van der Waals surface area contributed by atoms with Gasteiger partial charge in [0, 0.05) is 17.6 Å². The van der Waals surface area contributed by atoms with Crippen LogP contribution in [0.1, 0.15) is 53.9 Å². The van der Waals surface area contributed by atoms with Crippen LogP contribution >= 0.6 is 0 Å². The molecule has 0 fully saturated rings. The molecule has 208 valence electrons. The second-order valence-corrected chi connectivity index (χ2v) is 10.0. The number of nitrogens with zero attached hydrogens (tertiary/aromatic N) is 1. The number of carbonyl (C=O) groups is 1. The summed E-state index contributed by atoms with van der Waals surface area (Å²) in [6.45, 7) is 7.73. The number of benzene rings is 3. The van der Waals surface area contributed by atoms with Crippen molar-refractivity contribution in [2.75, 3.05) is 13.2 Å². The van der Waals surface area contributed by atoms with Crippen LogP contribution in [-0.4, -0.2) is 45.9 Å². The van der Waals surface area contributed by atoms with Gasteiger partial charge in [0.2, 0.25) is 0 Å². The number of β-amino-alcohol motifs (C(OH)–C–C–N with tert-alkyl or cyclic N) is 1. The molecule has 3 N–H and O–H groups in total. The van der Waals surface area contributed by atoms with Crippen molar-refractivity contribution in [1.29, 1.82) is 0 Å². The highest BCUT2D eigenvalue weighted by Crippen LogP contribution is 2.33. The Kier molecular flexibility index (Phi) is 9.74. The Hall–Kier alpha value is -3.86. The van der Waals surface area contributed by atoms with Gasteiger partial charge in [-0.1, -0.05) is 30.3 Å². The van der Waals surface area contributed by atoms with Gasteiger partial charge in [0.1, 0.15) is 22.9 Å². The van der Waals surface area contributed by atoms with Crippen LogP contribution in [0.5, 0.6) is 11.5 Å². The van der Waals surface area contributed by atoms with Gasteiger partial charge in [0.15, 0.2) is 0 Å². The van der Waals surface area contributed by atoms with E-state index in [1.807, 2.05) is 19.9 Å². The van der Waals surface area contributed by atoms with Crippen molar-refractivity contribution in [2.24, 2.45) is 0 Å². The van der Waals surface area contributed by atoms with Gasteiger partial charge in [-0.05, 0) is 69.5 Å². The summed E-state index contributed by atoms with van der Waals surface area (Å²) in [6, 6.07) is 15.7. The van der Waals surface area contributed by atoms with Crippen LogP contribution in [-0.2, 0) is 11.2 Å². The summed E-state index contributed by atoms with van der Waals surface area (Å²) < 4.78 is 25.6. The van der Waals surface area contributed by atoms with E-state index in [2.05, 4.69) is 5.32 Å². The molecule has 0 aliphatic heterocycles. The molecule has 3 aromatic carbocycles. The third-order valence-corrected chi connectivity index (χ3v) is 6.22. The number of halogens is 1. The molecular weight excluding hydrogens is 507 g/mol. The Morgan fingerprint density at radius 1 is 1.15 bits per heavy atom. The quantitative estimate of drug-likeness (QED) is 0.189. The molecule has 39 heavy (non-hydrogen) atoms. The van der Waals surface area contributed by atoms with Crippen LogP contribution < -0.4 is 10.1 Å². The molecule has 3 aromatic rings. The molecule has 0 aliphatic carbocycles. The molecule has 10 heteroatoms. The number of ether oxygens (including phenoxy) is 2. The zero-order valence-electron chi connectivity index (χ0n) is 22.3. The van der Waals surface area contributed by atoms with Gasteiger partial charge >= 0.3 is 5.97 Å². The zero-order valence-corrected chi connectivity index (χ0v) is 22.3. The van der Waals surface area contributed by atoms with E-state index in [1.54, 1.807) is 44.2 Å². The number of aromatic carboxylic acids is 1. The minimum absolute atomic E-state index is 0.0243. The standard InChI is InChI=1S/C29H33FN2O7/c1-18-9-10-20(13-25(18)30)15-29(3,4)31-16-21(33)17-38-19(2)23-7-5-6-8-27(23)39-22-11-12-24(28(34)35)26(14-22)32(36)37/h5-14,19,21,31,33H,15-17H2,1-4H3,(H,34,35)/t19?,21-/m0/s1. The Morgan fingerprint density at radius 3 is 2.54 bits per heavy atom. The Morgan fingerprint density at radius 2 is 1.87 bits per heavy atom. The molecule has 0 aliphatic rings. The van der Waals surface area contributed by atoms with E-state index in [-0.39, 0.29) is 24.7 Å². The van der Waals surface area contributed by atoms with Gasteiger partial charge < -0.3 is 25.0 Å². The summed E-state index contributed by atoms with van der Waals surface area (Å²) in [6.07, 6.45) is -0.738. The Labute approximate surface area is 226 Å². The fourth-order valence-corrected chi connectivity index (χ4v) is 4.06. The number of nitro benzene ring substituents is 1. The first kappa shape index (κ1) is 29.7. The second kappa shape index (κ2) is 12.8. The third-order valence-electron chi connectivity index (χ3n) is 6.22. The zero-order chi connectivity index (χ0) is 28.7. The summed E-state index contributed by atoms with van der Waals surface area (Å²) >= 11 is 0. The number of carboxylic acid groups (broad SMARTS) is 1. The van der Waals surface area contributed by atoms with E-state index < -0.39 is 39.9 Å². The molecule has 0 bridgehead atoms. The smallest absolute Gasteiger partial charge is 0.342 e. The highest BCUT2D eigenvalue weighted by atomic mass is 19.1. The fourth-order valence-electron chi connectivity index (χ4n) is 4.06. The Bertz CT molecular complexity index is 1330. The van der Waals surface area contributed by atoms with Crippen LogP contribution in [0.25, 0.3) is 0 Å². The van der Waals surface area contributed by atoms with Crippen molar-refractivity contribution in [3.63, 3.8) is 0 Å². The van der Waals surface area contributed by atoms with Crippen LogP contribution in [0, 0.1) is 22.9 Å². The highest BCUT2D eigenvalue weighted by molar-refractivity contribution is 5.92. The van der Waals surface area contributed by atoms with E-state index in [4.69, 9.17) is 9.47 Å². The van der Waals surface area contributed by atoms with E-state index in [0.717, 1.165) is 17.7 Å². The maximum Gasteiger partial charge on any atom is 0.342 e. The SMILES string of the molecule is Cc1ccc(CC(C)(C)NC[C@H](O)COC(C)c2ccccc2Oc2ccc(C(=O)O)c([N+](=O)[O-])c2)cc1F. The van der Waals surface area contributed by atoms with Gasteiger partial charge in [-0.25, -0.2) is 9.18 Å². The van der Waals surface area contributed by atoms with Crippen LogP contribution in [0.2, 0.25) is 0 Å². The second-order valence-electron chi connectivity index (χ2n) is 10.0. The molecule has 0 radical (unpaired) electrons. The molecule has 2 atom stereocenters. The van der Waals surface area contributed by atoms with Crippen molar-refractivity contribution in [3.8, 4) is 11.5 Å². The van der Waals surface area contributed by atoms with Crippen LogP contribution in [0.15, 0.2) is 60.7 Å². The first-order chi connectivity index (χ1) is 18.4. The molecule has 0 amide bonds. The van der Waals surface area contributed by atoms with E-state index in [9.17, 15) is 29.5 Å². The maximum atomic E-state index is 13.9. The molecule has 0 aromatic heterocycles.